The van der Waals surface area contributed by atoms with Gasteiger partial charge >= 0.3 is 0 Å². The molecule has 1 aliphatic rings. The van der Waals surface area contributed by atoms with Crippen LogP contribution in [0.4, 0.5) is 5.69 Å². The summed E-state index contributed by atoms with van der Waals surface area (Å²) in [6.45, 7) is 5.95. The lowest BCUT2D eigenvalue weighted by Gasteiger charge is -2.32. The van der Waals surface area contributed by atoms with Crippen molar-refractivity contribution in [2.24, 2.45) is 0 Å². The first-order valence-corrected chi connectivity index (χ1v) is 13.5. The zero-order chi connectivity index (χ0) is 25.6. The lowest BCUT2D eigenvalue weighted by atomic mass is 10.1. The molecule has 2 aromatic carbocycles. The van der Waals surface area contributed by atoms with Crippen LogP contribution in [0.3, 0.4) is 0 Å². The Morgan fingerprint density at radius 3 is 2.31 bits per heavy atom. The van der Waals surface area contributed by atoms with Gasteiger partial charge in [-0.15, -0.1) is 0 Å². The Morgan fingerprint density at radius 1 is 1.03 bits per heavy atom. The number of amides is 2. The van der Waals surface area contributed by atoms with E-state index in [0.29, 0.717) is 24.7 Å². The molecule has 2 atom stereocenters. The van der Waals surface area contributed by atoms with Gasteiger partial charge in [0.1, 0.15) is 25.8 Å². The number of benzene rings is 2. The number of carbonyl (C=O) groups is 2. The van der Waals surface area contributed by atoms with Crippen molar-refractivity contribution in [3.05, 3.63) is 54.1 Å². The maximum absolute atomic E-state index is 13.6. The maximum Gasteiger partial charge on any atom is 0.244 e. The van der Waals surface area contributed by atoms with Crippen LogP contribution >= 0.6 is 0 Å². The van der Waals surface area contributed by atoms with Crippen molar-refractivity contribution in [3.8, 4) is 11.5 Å². The third-order valence-corrected chi connectivity index (χ3v) is 7.00. The Balaban J connectivity index is 1.89. The van der Waals surface area contributed by atoms with E-state index >= 15 is 0 Å². The summed E-state index contributed by atoms with van der Waals surface area (Å²) >= 11 is 0. The zero-order valence-corrected chi connectivity index (χ0v) is 21.4. The fourth-order valence-corrected chi connectivity index (χ4v) is 4.47. The minimum absolute atomic E-state index is 0.0520. The number of nitrogens with zero attached hydrogens (tertiary/aromatic N) is 2. The van der Waals surface area contributed by atoms with E-state index < -0.39 is 28.5 Å². The van der Waals surface area contributed by atoms with Crippen molar-refractivity contribution in [1.29, 1.82) is 0 Å². The number of nitrogens with one attached hydrogen (secondary N) is 1. The molecule has 9 nitrogen and oxygen atoms in total. The van der Waals surface area contributed by atoms with Gasteiger partial charge < -0.3 is 19.7 Å². The maximum atomic E-state index is 13.6. The summed E-state index contributed by atoms with van der Waals surface area (Å²) in [4.78, 5) is 27.9. The minimum atomic E-state index is -3.83. The highest BCUT2D eigenvalue weighted by Crippen LogP contribution is 2.34. The first-order valence-electron chi connectivity index (χ1n) is 11.6. The summed E-state index contributed by atoms with van der Waals surface area (Å²) in [6, 6.07) is 13.1. The molecule has 0 fully saturated rings. The van der Waals surface area contributed by atoms with Gasteiger partial charge in [0, 0.05) is 18.7 Å². The molecule has 0 saturated carbocycles. The van der Waals surface area contributed by atoms with E-state index in [4.69, 9.17) is 9.47 Å². The Hall–Kier alpha value is -3.27. The highest BCUT2D eigenvalue weighted by Gasteiger charge is 2.31. The molecule has 35 heavy (non-hydrogen) atoms. The van der Waals surface area contributed by atoms with Gasteiger partial charge in [0.15, 0.2) is 11.5 Å². The highest BCUT2D eigenvalue weighted by atomic mass is 32.2. The molecule has 190 valence electrons. The predicted molar refractivity (Wildman–Crippen MR) is 134 cm³/mol. The Bertz CT molecular complexity index is 1140. The fourth-order valence-electron chi connectivity index (χ4n) is 3.63. The molecule has 0 saturated heterocycles. The van der Waals surface area contributed by atoms with Crippen molar-refractivity contribution in [2.45, 2.75) is 45.8 Å². The summed E-state index contributed by atoms with van der Waals surface area (Å²) in [5.74, 6) is 0.132. The number of carbonyl (C=O) groups excluding carboxylic acids is 2. The highest BCUT2D eigenvalue weighted by molar-refractivity contribution is 7.92. The van der Waals surface area contributed by atoms with Gasteiger partial charge in [-0.05, 0) is 38.0 Å². The molecule has 10 heteroatoms. The van der Waals surface area contributed by atoms with Crippen LogP contribution in [0.5, 0.6) is 11.5 Å². The molecule has 1 aliphatic heterocycles. The quantitative estimate of drug-likeness (QED) is 0.534. The molecular formula is C25H33N3O6S. The molecular weight excluding hydrogens is 470 g/mol. The summed E-state index contributed by atoms with van der Waals surface area (Å²) < 4.78 is 37.5. The summed E-state index contributed by atoms with van der Waals surface area (Å²) in [5, 5.41) is 2.90. The molecule has 0 aliphatic carbocycles. The molecule has 0 spiro atoms. The number of fused-ring (bicyclic) bond motifs is 1. The SMILES string of the molecule is CCC(C)NC(=O)C(C)N(Cc1ccccc1)C(=O)CN(c1ccc2c(c1)OCCO2)S(C)(=O)=O. The summed E-state index contributed by atoms with van der Waals surface area (Å²) in [5.41, 5.74) is 1.11. The van der Waals surface area contributed by atoms with Crippen LogP contribution in [-0.2, 0) is 26.2 Å². The smallest absolute Gasteiger partial charge is 0.244 e. The van der Waals surface area contributed by atoms with Crippen molar-refractivity contribution >= 4 is 27.5 Å². The van der Waals surface area contributed by atoms with E-state index in [0.717, 1.165) is 22.5 Å². The average molecular weight is 504 g/mol. The topological polar surface area (TPSA) is 105 Å². The normalized spacial score (nSPS) is 14.5. The number of hydrogen-bond acceptors (Lipinski definition) is 6. The number of anilines is 1. The first kappa shape index (κ1) is 26.3. The number of rotatable bonds is 10. The first-order chi connectivity index (χ1) is 16.6. The number of ether oxygens (including phenoxy) is 2. The monoisotopic (exact) mass is 503 g/mol. The van der Waals surface area contributed by atoms with Gasteiger partial charge in [0.25, 0.3) is 0 Å². The standard InChI is InChI=1S/C25H33N3O6S/c1-5-18(2)26-25(30)19(3)27(16-20-9-7-6-8-10-20)24(29)17-28(35(4,31)32)21-11-12-22-23(15-21)34-14-13-33-22/h6-12,15,18-19H,5,13-14,16-17H2,1-4H3,(H,26,30). The molecule has 0 radical (unpaired) electrons. The van der Waals surface area contributed by atoms with Crippen LogP contribution in [0.25, 0.3) is 0 Å². The molecule has 0 bridgehead atoms. The van der Waals surface area contributed by atoms with Crippen molar-refractivity contribution in [1.82, 2.24) is 10.2 Å². The fraction of sp³-hybridized carbons (Fsp3) is 0.440. The lowest BCUT2D eigenvalue weighted by molar-refractivity contribution is -0.139. The van der Waals surface area contributed by atoms with Crippen molar-refractivity contribution in [2.75, 3.05) is 30.3 Å². The van der Waals surface area contributed by atoms with Crippen LogP contribution < -0.4 is 19.1 Å². The Kier molecular flexibility index (Phi) is 8.61. The van der Waals surface area contributed by atoms with Crippen molar-refractivity contribution in [3.63, 3.8) is 0 Å². The zero-order valence-electron chi connectivity index (χ0n) is 20.6. The van der Waals surface area contributed by atoms with Crippen molar-refractivity contribution < 1.29 is 27.5 Å². The second-order valence-corrected chi connectivity index (χ2v) is 10.5. The van der Waals surface area contributed by atoms with Gasteiger partial charge in [0.05, 0.1) is 11.9 Å². The van der Waals surface area contributed by atoms with Crippen LogP contribution in [0, 0.1) is 0 Å². The van der Waals surface area contributed by atoms with E-state index in [1.54, 1.807) is 25.1 Å². The average Bonchev–Trinajstić information content (AvgIpc) is 2.84. The Labute approximate surface area is 207 Å². The predicted octanol–water partition coefficient (Wildman–Crippen LogP) is 2.56. The number of sulfonamides is 1. The van der Waals surface area contributed by atoms with Gasteiger partial charge in [-0.2, -0.15) is 0 Å². The van der Waals surface area contributed by atoms with Gasteiger partial charge in [0.2, 0.25) is 21.8 Å². The lowest BCUT2D eigenvalue weighted by Crippen LogP contribution is -2.52. The second kappa shape index (κ2) is 11.4. The summed E-state index contributed by atoms with van der Waals surface area (Å²) in [6.07, 6.45) is 1.79. The van der Waals surface area contributed by atoms with E-state index in [1.807, 2.05) is 44.2 Å². The van der Waals surface area contributed by atoms with E-state index in [9.17, 15) is 18.0 Å². The molecule has 1 heterocycles. The van der Waals surface area contributed by atoms with Crippen LogP contribution in [0.1, 0.15) is 32.8 Å². The van der Waals surface area contributed by atoms with E-state index in [2.05, 4.69) is 5.32 Å². The minimum Gasteiger partial charge on any atom is -0.486 e. The molecule has 2 unspecified atom stereocenters. The van der Waals surface area contributed by atoms with Gasteiger partial charge in [-0.1, -0.05) is 37.3 Å². The summed E-state index contributed by atoms with van der Waals surface area (Å²) in [7, 11) is -3.83. The van der Waals surface area contributed by atoms with Gasteiger partial charge in [-0.25, -0.2) is 8.42 Å². The van der Waals surface area contributed by atoms with Crippen LogP contribution in [0.2, 0.25) is 0 Å². The molecule has 0 aromatic heterocycles. The van der Waals surface area contributed by atoms with E-state index in [1.165, 1.54) is 4.90 Å². The van der Waals surface area contributed by atoms with E-state index in [-0.39, 0.29) is 24.2 Å². The van der Waals surface area contributed by atoms with Gasteiger partial charge in [-0.3, -0.25) is 13.9 Å². The third-order valence-electron chi connectivity index (χ3n) is 5.86. The third kappa shape index (κ3) is 6.88. The molecule has 3 rings (SSSR count). The van der Waals surface area contributed by atoms with Crippen LogP contribution in [0.15, 0.2) is 48.5 Å². The largest absolute Gasteiger partial charge is 0.486 e. The Morgan fingerprint density at radius 2 is 1.69 bits per heavy atom. The molecule has 2 aromatic rings. The number of hydrogen-bond donors (Lipinski definition) is 1. The second-order valence-electron chi connectivity index (χ2n) is 8.60. The molecule has 2 amide bonds. The van der Waals surface area contributed by atoms with Crippen LogP contribution in [-0.4, -0.2) is 63.2 Å². The molecule has 1 N–H and O–H groups in total.